The molecule has 0 spiro atoms. The van der Waals surface area contributed by atoms with Crippen molar-refractivity contribution in [2.24, 2.45) is 0 Å². The summed E-state index contributed by atoms with van der Waals surface area (Å²) in [7, 11) is 0. The lowest BCUT2D eigenvalue weighted by molar-refractivity contribution is -0.132. The van der Waals surface area contributed by atoms with Crippen LogP contribution in [-0.2, 0) is 17.8 Å². The molecule has 3 rings (SSSR count). The summed E-state index contributed by atoms with van der Waals surface area (Å²) in [6.45, 7) is 2.91. The number of Topliss-reactive ketones (excluding diaryl/α,β-unsaturated/α-hetero) is 1. The number of halogens is 3. The number of hydrogen-bond donors (Lipinski definition) is 1. The Morgan fingerprint density at radius 1 is 1.15 bits per heavy atom. The molecule has 1 aliphatic heterocycles. The van der Waals surface area contributed by atoms with E-state index in [1.807, 2.05) is 0 Å². The molecule has 0 saturated carbocycles. The summed E-state index contributed by atoms with van der Waals surface area (Å²) in [5, 5.41) is 2.38. The van der Waals surface area contributed by atoms with Crippen LogP contribution < -0.4 is 10.1 Å². The molecule has 0 aromatic heterocycles. The molecule has 0 unspecified atom stereocenters. The molecule has 4 nitrogen and oxygen atoms in total. The number of nitrogens with one attached hydrogen (secondary N) is 1. The summed E-state index contributed by atoms with van der Waals surface area (Å²) in [6.07, 6.45) is 0.130. The van der Waals surface area contributed by atoms with Crippen molar-refractivity contribution in [1.29, 1.82) is 0 Å². The second kappa shape index (κ2) is 6.48. The minimum Gasteiger partial charge on any atom is -0.480 e. The first-order chi connectivity index (χ1) is 12.2. The molecular formula is C19H16F3NO3. The van der Waals surface area contributed by atoms with Crippen molar-refractivity contribution in [1.82, 2.24) is 5.32 Å². The van der Waals surface area contributed by atoms with Gasteiger partial charge < -0.3 is 10.1 Å². The Hall–Kier alpha value is -2.83. The summed E-state index contributed by atoms with van der Waals surface area (Å²) < 4.78 is 45.8. The van der Waals surface area contributed by atoms with Gasteiger partial charge in [-0.25, -0.2) is 13.2 Å². The van der Waals surface area contributed by atoms with Gasteiger partial charge >= 0.3 is 0 Å². The van der Waals surface area contributed by atoms with Gasteiger partial charge in [0.25, 0.3) is 5.91 Å². The maximum absolute atomic E-state index is 13.6. The highest BCUT2D eigenvalue weighted by Crippen LogP contribution is 2.31. The molecule has 2 aromatic carbocycles. The lowest BCUT2D eigenvalue weighted by Gasteiger charge is -2.31. The molecule has 0 atom stereocenters. The highest BCUT2D eigenvalue weighted by atomic mass is 19.1. The Bertz CT molecular complexity index is 886. The maximum Gasteiger partial charge on any atom is 0.251 e. The molecule has 7 heteroatoms. The van der Waals surface area contributed by atoms with E-state index in [9.17, 15) is 22.8 Å². The molecule has 1 amide bonds. The second-order valence-corrected chi connectivity index (χ2v) is 6.57. The average Bonchev–Trinajstić information content (AvgIpc) is 2.54. The number of rotatable bonds is 3. The number of carbonyl (C=O) groups excluding carboxylic acids is 2. The van der Waals surface area contributed by atoms with Crippen LogP contribution in [0.25, 0.3) is 0 Å². The van der Waals surface area contributed by atoms with Crippen LogP contribution in [-0.4, -0.2) is 17.3 Å². The third-order valence-electron chi connectivity index (χ3n) is 4.24. The minimum atomic E-state index is -1.07. The molecular weight excluding hydrogens is 347 g/mol. The SMILES string of the molecule is CC1(C)Oc2ccc(C(=O)NCc3c(F)cc(F)cc3F)cc2CC1=O. The predicted molar refractivity (Wildman–Crippen MR) is 87.3 cm³/mol. The van der Waals surface area contributed by atoms with E-state index in [2.05, 4.69) is 5.32 Å². The van der Waals surface area contributed by atoms with Gasteiger partial charge in [0, 0.05) is 41.8 Å². The van der Waals surface area contributed by atoms with Crippen LogP contribution in [0.4, 0.5) is 13.2 Å². The van der Waals surface area contributed by atoms with Gasteiger partial charge in [-0.2, -0.15) is 0 Å². The van der Waals surface area contributed by atoms with Gasteiger partial charge in [-0.1, -0.05) is 0 Å². The van der Waals surface area contributed by atoms with Crippen LogP contribution in [0.1, 0.15) is 35.3 Å². The summed E-state index contributed by atoms with van der Waals surface area (Å²) in [5.41, 5.74) is -0.559. The van der Waals surface area contributed by atoms with Gasteiger partial charge in [0.15, 0.2) is 11.4 Å². The quantitative estimate of drug-likeness (QED) is 0.910. The van der Waals surface area contributed by atoms with Crippen LogP contribution in [0.15, 0.2) is 30.3 Å². The van der Waals surface area contributed by atoms with Gasteiger partial charge in [0.2, 0.25) is 0 Å². The van der Waals surface area contributed by atoms with Crippen molar-refractivity contribution in [3.63, 3.8) is 0 Å². The molecule has 26 heavy (non-hydrogen) atoms. The Balaban J connectivity index is 1.76. The molecule has 1 aliphatic rings. The molecule has 0 radical (unpaired) electrons. The largest absolute Gasteiger partial charge is 0.480 e. The van der Waals surface area contributed by atoms with Crippen LogP contribution in [0.3, 0.4) is 0 Å². The first-order valence-corrected chi connectivity index (χ1v) is 7.94. The van der Waals surface area contributed by atoms with E-state index in [0.29, 0.717) is 23.4 Å². The van der Waals surface area contributed by atoms with Crippen LogP contribution in [0.2, 0.25) is 0 Å². The van der Waals surface area contributed by atoms with Crippen LogP contribution >= 0.6 is 0 Å². The summed E-state index contributed by atoms with van der Waals surface area (Å²) in [5.74, 6) is -3.35. The zero-order valence-corrected chi connectivity index (χ0v) is 14.2. The first kappa shape index (κ1) is 18.0. The van der Waals surface area contributed by atoms with E-state index in [-0.39, 0.29) is 17.8 Å². The van der Waals surface area contributed by atoms with E-state index < -0.39 is 41.1 Å². The van der Waals surface area contributed by atoms with Crippen LogP contribution in [0.5, 0.6) is 5.75 Å². The van der Waals surface area contributed by atoms with Gasteiger partial charge in [0.1, 0.15) is 23.2 Å². The average molecular weight is 363 g/mol. The molecule has 0 aliphatic carbocycles. The molecule has 0 saturated heterocycles. The molecule has 0 fully saturated rings. The fourth-order valence-corrected chi connectivity index (χ4v) is 2.69. The van der Waals surface area contributed by atoms with E-state index in [4.69, 9.17) is 4.74 Å². The highest BCUT2D eigenvalue weighted by molar-refractivity contribution is 5.96. The Labute approximate surface area is 148 Å². The fourth-order valence-electron chi connectivity index (χ4n) is 2.69. The number of hydrogen-bond acceptors (Lipinski definition) is 3. The van der Waals surface area contributed by atoms with E-state index in [1.54, 1.807) is 19.9 Å². The number of fused-ring (bicyclic) bond motifs is 1. The number of benzene rings is 2. The number of amides is 1. The van der Waals surface area contributed by atoms with Crippen molar-refractivity contribution in [3.05, 3.63) is 64.5 Å². The molecule has 2 aromatic rings. The van der Waals surface area contributed by atoms with Crippen molar-refractivity contribution < 1.29 is 27.5 Å². The van der Waals surface area contributed by atoms with Gasteiger partial charge in [0.05, 0.1) is 0 Å². The predicted octanol–water partition coefficient (Wildman–Crippen LogP) is 3.32. The van der Waals surface area contributed by atoms with Crippen molar-refractivity contribution in [2.45, 2.75) is 32.4 Å². The summed E-state index contributed by atoms with van der Waals surface area (Å²) >= 11 is 0. The lowest BCUT2D eigenvalue weighted by Crippen LogP contribution is -2.42. The third kappa shape index (κ3) is 3.42. The first-order valence-electron chi connectivity index (χ1n) is 7.94. The maximum atomic E-state index is 13.6. The van der Waals surface area contributed by atoms with E-state index in [1.165, 1.54) is 12.1 Å². The minimum absolute atomic E-state index is 0.113. The van der Waals surface area contributed by atoms with Crippen LogP contribution in [0, 0.1) is 17.5 Å². The fraction of sp³-hybridized carbons (Fsp3) is 0.263. The van der Waals surface area contributed by atoms with Crippen molar-refractivity contribution in [3.8, 4) is 5.75 Å². The summed E-state index contributed by atoms with van der Waals surface area (Å²) in [4.78, 5) is 24.3. The lowest BCUT2D eigenvalue weighted by atomic mass is 9.92. The van der Waals surface area contributed by atoms with Gasteiger partial charge in [-0.15, -0.1) is 0 Å². The molecule has 1 heterocycles. The normalized spacial score (nSPS) is 15.2. The summed E-state index contributed by atoms with van der Waals surface area (Å²) in [6, 6.07) is 5.69. The van der Waals surface area contributed by atoms with Gasteiger partial charge in [-0.3, -0.25) is 9.59 Å². The van der Waals surface area contributed by atoms with Crippen molar-refractivity contribution in [2.75, 3.05) is 0 Å². The second-order valence-electron chi connectivity index (χ2n) is 6.57. The monoisotopic (exact) mass is 363 g/mol. The highest BCUT2D eigenvalue weighted by Gasteiger charge is 2.35. The smallest absolute Gasteiger partial charge is 0.251 e. The topological polar surface area (TPSA) is 55.4 Å². The third-order valence-corrected chi connectivity index (χ3v) is 4.24. The molecule has 136 valence electrons. The molecule has 0 bridgehead atoms. The Morgan fingerprint density at radius 2 is 1.81 bits per heavy atom. The van der Waals surface area contributed by atoms with Gasteiger partial charge in [-0.05, 0) is 32.0 Å². The molecule has 1 N–H and O–H groups in total. The number of ketones is 1. The standard InChI is InChI=1S/C19H16F3NO3/c1-19(2)17(24)6-11-5-10(3-4-16(11)26-19)18(25)23-9-13-14(21)7-12(20)8-15(13)22/h3-5,7-8H,6,9H2,1-2H3,(H,23,25). The Morgan fingerprint density at radius 3 is 2.46 bits per heavy atom. The zero-order chi connectivity index (χ0) is 19.1. The van der Waals surface area contributed by atoms with Crippen molar-refractivity contribution >= 4 is 11.7 Å². The van der Waals surface area contributed by atoms with E-state index >= 15 is 0 Å². The van der Waals surface area contributed by atoms with E-state index in [0.717, 1.165) is 0 Å². The number of ether oxygens (including phenoxy) is 1. The number of carbonyl (C=O) groups is 2. The zero-order valence-electron chi connectivity index (χ0n) is 14.2. The Kier molecular flexibility index (Phi) is 4.48.